The van der Waals surface area contributed by atoms with E-state index in [2.05, 4.69) is 0 Å². The molecule has 1 fully saturated rings. The molecule has 0 aliphatic carbocycles. The predicted octanol–water partition coefficient (Wildman–Crippen LogP) is 0.674. The van der Waals surface area contributed by atoms with Gasteiger partial charge in [0.1, 0.15) is 0 Å². The fraction of sp³-hybridized carbons (Fsp3) is 0.818. The molecule has 0 aromatic rings. The number of hydrogen-bond acceptors (Lipinski definition) is 4. The van der Waals surface area contributed by atoms with Crippen molar-refractivity contribution >= 4 is 20.4 Å². The van der Waals surface area contributed by atoms with Gasteiger partial charge in [0.25, 0.3) is 0 Å². The van der Waals surface area contributed by atoms with E-state index in [1.807, 2.05) is 6.55 Å². The Bertz CT molecular complexity index is 319. The SMILES string of the molecule is CO[Si](C)(CCCN1CC(C(=O)O)CC1=O)OC. The van der Waals surface area contributed by atoms with Gasteiger partial charge in [-0.1, -0.05) is 0 Å². The summed E-state index contributed by atoms with van der Waals surface area (Å²) in [6, 6.07) is 0.793. The first-order valence-corrected chi connectivity index (χ1v) is 8.55. The molecule has 0 aromatic carbocycles. The second kappa shape index (κ2) is 6.30. The van der Waals surface area contributed by atoms with Crippen LogP contribution >= 0.6 is 0 Å². The molecule has 104 valence electrons. The third kappa shape index (κ3) is 3.79. The van der Waals surface area contributed by atoms with Crippen molar-refractivity contribution in [2.75, 3.05) is 27.3 Å². The molecule has 1 saturated heterocycles. The van der Waals surface area contributed by atoms with Crippen molar-refractivity contribution in [1.29, 1.82) is 0 Å². The maximum atomic E-state index is 11.6. The van der Waals surface area contributed by atoms with Crippen LogP contribution in [-0.2, 0) is 18.4 Å². The molecule has 1 unspecified atom stereocenters. The highest BCUT2D eigenvalue weighted by Crippen LogP contribution is 2.20. The highest BCUT2D eigenvalue weighted by Gasteiger charge is 2.35. The van der Waals surface area contributed by atoms with Gasteiger partial charge in [-0.15, -0.1) is 0 Å². The Labute approximate surface area is 108 Å². The Morgan fingerprint density at radius 3 is 2.56 bits per heavy atom. The van der Waals surface area contributed by atoms with Crippen molar-refractivity contribution < 1.29 is 23.5 Å². The van der Waals surface area contributed by atoms with E-state index >= 15 is 0 Å². The summed E-state index contributed by atoms with van der Waals surface area (Å²) in [6.07, 6.45) is 0.904. The monoisotopic (exact) mass is 275 g/mol. The molecular weight excluding hydrogens is 254 g/mol. The number of carbonyl (C=O) groups is 2. The smallest absolute Gasteiger partial charge is 0.334 e. The summed E-state index contributed by atoms with van der Waals surface area (Å²) >= 11 is 0. The van der Waals surface area contributed by atoms with Crippen LogP contribution in [0.3, 0.4) is 0 Å². The van der Waals surface area contributed by atoms with E-state index in [9.17, 15) is 9.59 Å². The number of amides is 1. The van der Waals surface area contributed by atoms with Gasteiger partial charge in [0.15, 0.2) is 0 Å². The average Bonchev–Trinajstić information content (AvgIpc) is 2.71. The number of carbonyl (C=O) groups excluding carboxylic acids is 1. The number of hydrogen-bond donors (Lipinski definition) is 1. The molecule has 6 nitrogen and oxygen atoms in total. The van der Waals surface area contributed by atoms with Crippen LogP contribution in [0.2, 0.25) is 12.6 Å². The number of nitrogens with zero attached hydrogens (tertiary/aromatic N) is 1. The fourth-order valence-electron chi connectivity index (χ4n) is 2.03. The molecule has 18 heavy (non-hydrogen) atoms. The molecule has 1 rings (SSSR count). The highest BCUT2D eigenvalue weighted by molar-refractivity contribution is 6.65. The maximum Gasteiger partial charge on any atom is 0.334 e. The first-order chi connectivity index (χ1) is 8.41. The molecule has 1 aliphatic heterocycles. The molecule has 7 heteroatoms. The van der Waals surface area contributed by atoms with E-state index in [4.69, 9.17) is 14.0 Å². The van der Waals surface area contributed by atoms with Crippen LogP contribution in [0.5, 0.6) is 0 Å². The molecule has 1 atom stereocenters. The van der Waals surface area contributed by atoms with Gasteiger partial charge in [0.05, 0.1) is 5.92 Å². The second-order valence-electron chi connectivity index (χ2n) is 4.72. The van der Waals surface area contributed by atoms with E-state index in [1.165, 1.54) is 0 Å². The predicted molar refractivity (Wildman–Crippen MR) is 67.4 cm³/mol. The minimum Gasteiger partial charge on any atom is -0.481 e. The van der Waals surface area contributed by atoms with Crippen molar-refractivity contribution in [1.82, 2.24) is 4.90 Å². The molecule has 0 saturated carbocycles. The molecule has 1 N–H and O–H groups in total. The number of likely N-dealkylation sites (tertiary alicyclic amines) is 1. The Morgan fingerprint density at radius 1 is 1.50 bits per heavy atom. The molecule has 0 bridgehead atoms. The second-order valence-corrected chi connectivity index (χ2v) is 8.31. The zero-order valence-corrected chi connectivity index (χ0v) is 12.1. The van der Waals surface area contributed by atoms with Crippen molar-refractivity contribution in [3.63, 3.8) is 0 Å². The van der Waals surface area contributed by atoms with E-state index in [0.29, 0.717) is 13.1 Å². The summed E-state index contributed by atoms with van der Waals surface area (Å²) in [7, 11) is 1.19. The normalized spacial score (nSPS) is 20.5. The Kier molecular flexibility index (Phi) is 5.30. The number of aliphatic carboxylic acids is 1. The van der Waals surface area contributed by atoms with Gasteiger partial charge in [-0.2, -0.15) is 0 Å². The lowest BCUT2D eigenvalue weighted by Gasteiger charge is -2.24. The van der Waals surface area contributed by atoms with Crippen LogP contribution in [0.25, 0.3) is 0 Å². The van der Waals surface area contributed by atoms with Crippen LogP contribution in [0.4, 0.5) is 0 Å². The van der Waals surface area contributed by atoms with Crippen molar-refractivity contribution in [2.24, 2.45) is 5.92 Å². The van der Waals surface area contributed by atoms with Crippen LogP contribution < -0.4 is 0 Å². The van der Waals surface area contributed by atoms with Gasteiger partial charge >= 0.3 is 14.5 Å². The van der Waals surface area contributed by atoms with E-state index in [1.54, 1.807) is 19.1 Å². The van der Waals surface area contributed by atoms with Crippen LogP contribution in [0.15, 0.2) is 0 Å². The summed E-state index contributed by atoms with van der Waals surface area (Å²) in [5.41, 5.74) is 0. The molecule has 0 radical (unpaired) electrons. The number of carboxylic acids is 1. The Morgan fingerprint density at radius 2 is 2.11 bits per heavy atom. The lowest BCUT2D eigenvalue weighted by molar-refractivity contribution is -0.141. The standard InChI is InChI=1S/C11H21NO5Si/c1-16-18(3,17-2)6-4-5-12-8-9(11(14)15)7-10(12)13/h9H,4-8H2,1-3H3,(H,14,15). The average molecular weight is 275 g/mol. The van der Waals surface area contributed by atoms with Gasteiger partial charge in [-0.25, -0.2) is 0 Å². The minimum absolute atomic E-state index is 0.0689. The van der Waals surface area contributed by atoms with E-state index in [0.717, 1.165) is 12.5 Å². The molecule has 0 spiro atoms. The topological polar surface area (TPSA) is 76.1 Å². The van der Waals surface area contributed by atoms with Gasteiger partial charge in [-0.05, 0) is 19.0 Å². The van der Waals surface area contributed by atoms with Crippen LogP contribution in [0.1, 0.15) is 12.8 Å². The zero-order chi connectivity index (χ0) is 13.8. The van der Waals surface area contributed by atoms with Crippen molar-refractivity contribution in [2.45, 2.75) is 25.4 Å². The minimum atomic E-state index is -2.08. The lowest BCUT2D eigenvalue weighted by atomic mass is 10.1. The lowest BCUT2D eigenvalue weighted by Crippen LogP contribution is -2.37. The fourth-order valence-corrected chi connectivity index (χ4v) is 3.41. The largest absolute Gasteiger partial charge is 0.481 e. The third-order valence-electron chi connectivity index (χ3n) is 3.49. The van der Waals surface area contributed by atoms with Gasteiger partial charge < -0.3 is 18.9 Å². The quantitative estimate of drug-likeness (QED) is 0.691. The zero-order valence-electron chi connectivity index (χ0n) is 11.1. The maximum absolute atomic E-state index is 11.6. The summed E-state index contributed by atoms with van der Waals surface area (Å²) < 4.78 is 10.7. The van der Waals surface area contributed by atoms with Crippen molar-refractivity contribution in [3.05, 3.63) is 0 Å². The Hall–Kier alpha value is -0.923. The summed E-state index contributed by atoms with van der Waals surface area (Å²) in [6.45, 7) is 2.88. The summed E-state index contributed by atoms with van der Waals surface area (Å²) in [5, 5.41) is 8.87. The summed E-state index contributed by atoms with van der Waals surface area (Å²) in [5.74, 6) is -1.51. The van der Waals surface area contributed by atoms with Crippen LogP contribution in [-0.4, -0.2) is 57.8 Å². The Balaban J connectivity index is 2.36. The number of carboxylic acid groups (broad SMARTS) is 1. The molecule has 1 aliphatic rings. The van der Waals surface area contributed by atoms with E-state index in [-0.39, 0.29) is 12.3 Å². The third-order valence-corrected chi connectivity index (χ3v) is 6.48. The molecule has 1 amide bonds. The molecule has 0 aromatic heterocycles. The van der Waals surface area contributed by atoms with E-state index < -0.39 is 20.4 Å². The van der Waals surface area contributed by atoms with Gasteiger partial charge in [0.2, 0.25) is 5.91 Å². The molecule has 1 heterocycles. The highest BCUT2D eigenvalue weighted by atomic mass is 28.4. The van der Waals surface area contributed by atoms with Gasteiger partial charge in [-0.3, -0.25) is 9.59 Å². The summed E-state index contributed by atoms with van der Waals surface area (Å²) in [4.78, 5) is 24.0. The number of rotatable bonds is 7. The van der Waals surface area contributed by atoms with Crippen LogP contribution in [0, 0.1) is 5.92 Å². The first kappa shape index (κ1) is 15.1. The first-order valence-electron chi connectivity index (χ1n) is 6.02. The van der Waals surface area contributed by atoms with Crippen molar-refractivity contribution in [3.8, 4) is 0 Å². The van der Waals surface area contributed by atoms with Gasteiger partial charge in [0, 0.05) is 33.7 Å². The molecular formula is C11H21NO5Si.